The number of alkyl halides is 2. The van der Waals surface area contributed by atoms with Crippen molar-refractivity contribution in [2.45, 2.75) is 32.6 Å². The molecular formula is C25H26F2N4O2. The fourth-order valence-electron chi connectivity index (χ4n) is 5.01. The number of aromatic nitrogens is 2. The number of aldehydes is 1. The van der Waals surface area contributed by atoms with Gasteiger partial charge >= 0.3 is 0 Å². The summed E-state index contributed by atoms with van der Waals surface area (Å²) in [4.78, 5) is 33.1. The molecule has 2 aromatic heterocycles. The molecule has 0 amide bonds. The standard InChI is InChI=1S/C25H26F2N4O2/c1-15-10-19-21(29(2)25(15)33)12-22(30-9-7-16(13-30)14-32)28-24(19)31-8-3-4-17-5-6-18(23(26)27)11-20(17)31/h5-6,10-12,14,16,23H,3-4,7-9,13H2,1-2H3. The molecule has 1 unspecified atom stereocenters. The number of pyridine rings is 2. The molecule has 3 aromatic rings. The van der Waals surface area contributed by atoms with Crippen LogP contribution >= 0.6 is 0 Å². The molecule has 33 heavy (non-hydrogen) atoms. The Kier molecular flexibility index (Phi) is 5.38. The topological polar surface area (TPSA) is 58.4 Å². The monoisotopic (exact) mass is 452 g/mol. The molecule has 8 heteroatoms. The maximum Gasteiger partial charge on any atom is 0.263 e. The van der Waals surface area contributed by atoms with Crippen molar-refractivity contribution in [2.24, 2.45) is 13.0 Å². The molecule has 0 spiro atoms. The number of halogens is 2. The SMILES string of the molecule is Cc1cc2c(N3CCCc4ccc(C(F)F)cc43)nc(N3CCC(C=O)C3)cc2n(C)c1=O. The van der Waals surface area contributed by atoms with Gasteiger partial charge < -0.3 is 19.2 Å². The lowest BCUT2D eigenvalue weighted by Gasteiger charge is -2.33. The number of fused-ring (bicyclic) bond motifs is 2. The second kappa shape index (κ2) is 8.24. The number of benzene rings is 1. The van der Waals surface area contributed by atoms with E-state index >= 15 is 0 Å². The van der Waals surface area contributed by atoms with Crippen LogP contribution in [0.25, 0.3) is 10.9 Å². The number of rotatable bonds is 4. The van der Waals surface area contributed by atoms with Gasteiger partial charge in [-0.1, -0.05) is 12.1 Å². The van der Waals surface area contributed by atoms with Gasteiger partial charge in [-0.15, -0.1) is 0 Å². The number of carbonyl (C=O) groups excluding carboxylic acids is 1. The van der Waals surface area contributed by atoms with Gasteiger partial charge in [-0.05, 0) is 43.9 Å². The summed E-state index contributed by atoms with van der Waals surface area (Å²) in [5.74, 6) is 1.30. The van der Waals surface area contributed by atoms with Crippen molar-refractivity contribution in [1.29, 1.82) is 0 Å². The highest BCUT2D eigenvalue weighted by Crippen LogP contribution is 2.39. The van der Waals surface area contributed by atoms with Gasteiger partial charge in [0.2, 0.25) is 0 Å². The molecule has 1 aromatic carbocycles. The largest absolute Gasteiger partial charge is 0.356 e. The van der Waals surface area contributed by atoms with Gasteiger partial charge in [-0.3, -0.25) is 4.79 Å². The van der Waals surface area contributed by atoms with Gasteiger partial charge in [0.05, 0.1) is 5.52 Å². The normalized spacial score (nSPS) is 18.3. The van der Waals surface area contributed by atoms with Crippen LogP contribution in [0.3, 0.4) is 0 Å². The minimum atomic E-state index is -2.55. The minimum Gasteiger partial charge on any atom is -0.356 e. The van der Waals surface area contributed by atoms with E-state index in [1.54, 1.807) is 30.7 Å². The molecule has 0 aliphatic carbocycles. The zero-order valence-electron chi connectivity index (χ0n) is 18.7. The number of hydrogen-bond donors (Lipinski definition) is 0. The van der Waals surface area contributed by atoms with Crippen LogP contribution in [0.5, 0.6) is 0 Å². The molecule has 4 heterocycles. The van der Waals surface area contributed by atoms with E-state index in [0.717, 1.165) is 47.7 Å². The van der Waals surface area contributed by atoms with Gasteiger partial charge in [0, 0.05) is 60.9 Å². The summed E-state index contributed by atoms with van der Waals surface area (Å²) in [5.41, 5.74) is 2.98. The molecule has 172 valence electrons. The van der Waals surface area contributed by atoms with Crippen LogP contribution in [0, 0.1) is 12.8 Å². The third kappa shape index (κ3) is 3.67. The van der Waals surface area contributed by atoms with Crippen LogP contribution in [-0.4, -0.2) is 35.5 Å². The molecule has 1 saturated heterocycles. The third-order valence-electron chi connectivity index (χ3n) is 6.84. The summed E-state index contributed by atoms with van der Waals surface area (Å²) in [7, 11) is 1.74. The van der Waals surface area contributed by atoms with Gasteiger partial charge in [0.15, 0.2) is 0 Å². The Morgan fingerprint density at radius 1 is 1.18 bits per heavy atom. The van der Waals surface area contributed by atoms with Crippen LogP contribution < -0.4 is 15.4 Å². The molecule has 1 atom stereocenters. The van der Waals surface area contributed by atoms with Gasteiger partial charge in [-0.25, -0.2) is 13.8 Å². The molecule has 0 bridgehead atoms. The van der Waals surface area contributed by atoms with Crippen LogP contribution in [0.1, 0.15) is 36.0 Å². The highest BCUT2D eigenvalue weighted by atomic mass is 19.3. The Morgan fingerprint density at radius 2 is 2.00 bits per heavy atom. The molecule has 1 fully saturated rings. The van der Waals surface area contributed by atoms with Crippen LogP contribution in [-0.2, 0) is 18.3 Å². The minimum absolute atomic E-state index is 0.0157. The molecule has 6 nitrogen and oxygen atoms in total. The summed E-state index contributed by atoms with van der Waals surface area (Å²) in [5, 5.41) is 0.805. The first-order chi connectivity index (χ1) is 15.9. The van der Waals surface area contributed by atoms with Crippen molar-refractivity contribution in [1.82, 2.24) is 9.55 Å². The van der Waals surface area contributed by atoms with E-state index < -0.39 is 6.43 Å². The number of carbonyl (C=O) groups is 1. The van der Waals surface area contributed by atoms with E-state index in [2.05, 4.69) is 4.90 Å². The number of anilines is 3. The Bertz CT molecular complexity index is 1300. The summed E-state index contributed by atoms with van der Waals surface area (Å²) >= 11 is 0. The zero-order valence-corrected chi connectivity index (χ0v) is 18.7. The summed E-state index contributed by atoms with van der Waals surface area (Å²) in [6.07, 6.45) is 0.875. The average molecular weight is 453 g/mol. The first-order valence-electron chi connectivity index (χ1n) is 11.3. The number of hydrogen-bond acceptors (Lipinski definition) is 5. The van der Waals surface area contributed by atoms with E-state index in [0.29, 0.717) is 36.8 Å². The Labute approximate surface area is 190 Å². The van der Waals surface area contributed by atoms with Gasteiger partial charge in [-0.2, -0.15) is 0 Å². The van der Waals surface area contributed by atoms with Gasteiger partial charge in [0.25, 0.3) is 12.0 Å². The van der Waals surface area contributed by atoms with Crippen molar-refractivity contribution in [3.63, 3.8) is 0 Å². The fraction of sp³-hybridized carbons (Fsp3) is 0.400. The lowest BCUT2D eigenvalue weighted by molar-refractivity contribution is -0.110. The molecular weight excluding hydrogens is 426 g/mol. The Balaban J connectivity index is 1.74. The van der Waals surface area contributed by atoms with Crippen LogP contribution in [0.2, 0.25) is 0 Å². The lowest BCUT2D eigenvalue weighted by atomic mass is 9.99. The van der Waals surface area contributed by atoms with E-state index in [-0.39, 0.29) is 17.0 Å². The van der Waals surface area contributed by atoms with E-state index in [4.69, 9.17) is 4.98 Å². The predicted octanol–water partition coefficient (Wildman–Crippen LogP) is 4.29. The van der Waals surface area contributed by atoms with E-state index in [1.807, 2.05) is 17.0 Å². The molecule has 5 rings (SSSR count). The summed E-state index contributed by atoms with van der Waals surface area (Å²) in [6, 6.07) is 8.57. The Morgan fingerprint density at radius 3 is 2.73 bits per heavy atom. The maximum atomic E-state index is 13.5. The van der Waals surface area contributed by atoms with Crippen LogP contribution in [0.4, 0.5) is 26.1 Å². The van der Waals surface area contributed by atoms with Crippen LogP contribution in [0.15, 0.2) is 35.1 Å². The average Bonchev–Trinajstić information content (AvgIpc) is 3.31. The molecule has 0 saturated carbocycles. The highest BCUT2D eigenvalue weighted by Gasteiger charge is 2.28. The molecule has 0 radical (unpaired) electrons. The van der Waals surface area contributed by atoms with Crippen molar-refractivity contribution in [3.05, 3.63) is 57.4 Å². The highest BCUT2D eigenvalue weighted by molar-refractivity contribution is 5.95. The zero-order chi connectivity index (χ0) is 23.3. The summed E-state index contributed by atoms with van der Waals surface area (Å²) < 4.78 is 28.6. The molecule has 2 aliphatic rings. The predicted molar refractivity (Wildman–Crippen MR) is 125 cm³/mol. The first-order valence-corrected chi connectivity index (χ1v) is 11.3. The summed E-state index contributed by atoms with van der Waals surface area (Å²) in [6.45, 7) is 3.69. The van der Waals surface area contributed by atoms with Crippen molar-refractivity contribution in [2.75, 3.05) is 29.4 Å². The molecule has 2 aliphatic heterocycles. The first kappa shape index (κ1) is 21.6. The fourth-order valence-corrected chi connectivity index (χ4v) is 5.01. The van der Waals surface area contributed by atoms with E-state index in [9.17, 15) is 18.4 Å². The van der Waals surface area contributed by atoms with Gasteiger partial charge in [0.1, 0.15) is 17.9 Å². The van der Waals surface area contributed by atoms with Crippen molar-refractivity contribution in [3.8, 4) is 0 Å². The smallest absolute Gasteiger partial charge is 0.263 e. The maximum absolute atomic E-state index is 13.5. The number of nitrogens with zero attached hydrogens (tertiary/aromatic N) is 4. The number of aryl methyl sites for hydroxylation is 3. The lowest BCUT2D eigenvalue weighted by Crippen LogP contribution is -2.28. The van der Waals surface area contributed by atoms with E-state index in [1.165, 1.54) is 6.07 Å². The van der Waals surface area contributed by atoms with Crippen molar-refractivity contribution < 1.29 is 13.6 Å². The second-order valence-electron chi connectivity index (χ2n) is 9.00. The quantitative estimate of drug-likeness (QED) is 0.553. The second-order valence-corrected chi connectivity index (χ2v) is 9.00. The molecule has 0 N–H and O–H groups in total. The third-order valence-corrected chi connectivity index (χ3v) is 6.84. The Hall–Kier alpha value is -3.29. The van der Waals surface area contributed by atoms with Crippen molar-refractivity contribution >= 4 is 34.5 Å².